The van der Waals surface area contributed by atoms with Crippen molar-refractivity contribution in [2.45, 2.75) is 13.0 Å². The second-order valence-electron chi connectivity index (χ2n) is 5.40. The van der Waals surface area contributed by atoms with Crippen molar-refractivity contribution in [2.24, 2.45) is 0 Å². The maximum Gasteiger partial charge on any atom is 0.310 e. The molecule has 0 unspecified atom stereocenters. The molecule has 0 saturated carbocycles. The summed E-state index contributed by atoms with van der Waals surface area (Å²) in [5, 5.41) is 3.93. The molecule has 1 aromatic carbocycles. The minimum atomic E-state index is -0.485. The number of carbonyl (C=O) groups excluding carboxylic acids is 2. The smallest absolute Gasteiger partial charge is 0.310 e. The van der Waals surface area contributed by atoms with Crippen LogP contribution in [-0.4, -0.2) is 44.7 Å². The molecule has 0 aliphatic rings. The van der Waals surface area contributed by atoms with Gasteiger partial charge in [0.2, 0.25) is 0 Å². The van der Waals surface area contributed by atoms with Gasteiger partial charge in [-0.3, -0.25) is 9.59 Å². The van der Waals surface area contributed by atoms with Crippen molar-refractivity contribution in [1.29, 1.82) is 0 Å². The topological polar surface area (TPSA) is 65.1 Å². The van der Waals surface area contributed by atoms with Crippen LogP contribution in [0.15, 0.2) is 35.0 Å². The van der Waals surface area contributed by atoms with Crippen LogP contribution in [0.5, 0.6) is 11.5 Å². The van der Waals surface area contributed by atoms with Crippen molar-refractivity contribution < 1.29 is 23.8 Å². The second kappa shape index (κ2) is 9.08. The van der Waals surface area contributed by atoms with Crippen LogP contribution in [0.3, 0.4) is 0 Å². The zero-order valence-electron chi connectivity index (χ0n) is 14.5. The van der Waals surface area contributed by atoms with Gasteiger partial charge in [-0.2, -0.15) is 11.3 Å². The molecule has 1 heterocycles. The van der Waals surface area contributed by atoms with E-state index < -0.39 is 5.97 Å². The van der Waals surface area contributed by atoms with Crippen LogP contribution in [0.25, 0.3) is 0 Å². The SMILES string of the molecule is COc1ccc(CC(=O)OCC(=O)N(C)Cc2ccsc2)c(OC)c1. The van der Waals surface area contributed by atoms with E-state index in [1.54, 1.807) is 43.7 Å². The van der Waals surface area contributed by atoms with Crippen LogP contribution in [0, 0.1) is 0 Å². The fourth-order valence-electron chi connectivity index (χ4n) is 2.20. The number of carbonyl (C=O) groups is 2. The Morgan fingerprint density at radius 3 is 2.60 bits per heavy atom. The Kier molecular flexibility index (Phi) is 6.82. The van der Waals surface area contributed by atoms with Gasteiger partial charge < -0.3 is 19.1 Å². The molecule has 134 valence electrons. The summed E-state index contributed by atoms with van der Waals surface area (Å²) < 4.78 is 15.5. The first-order chi connectivity index (χ1) is 12.0. The molecule has 0 spiro atoms. The monoisotopic (exact) mass is 363 g/mol. The number of amides is 1. The lowest BCUT2D eigenvalue weighted by Crippen LogP contribution is -2.30. The summed E-state index contributed by atoms with van der Waals surface area (Å²) in [6.45, 7) is 0.212. The molecule has 0 atom stereocenters. The average molecular weight is 363 g/mol. The maximum absolute atomic E-state index is 12.0. The quantitative estimate of drug-likeness (QED) is 0.674. The van der Waals surface area contributed by atoms with Crippen LogP contribution >= 0.6 is 11.3 Å². The standard InChI is InChI=1S/C18H21NO5S/c1-19(10-13-6-7-25-12-13)17(20)11-24-18(21)8-14-4-5-15(22-2)9-16(14)23-3/h4-7,9,12H,8,10-11H2,1-3H3. The van der Waals surface area contributed by atoms with Crippen molar-refractivity contribution in [1.82, 2.24) is 4.90 Å². The number of thiophene rings is 1. The van der Waals surface area contributed by atoms with Gasteiger partial charge in [-0.1, -0.05) is 6.07 Å². The summed E-state index contributed by atoms with van der Waals surface area (Å²) in [5.74, 6) is 0.443. The molecule has 6 nitrogen and oxygen atoms in total. The zero-order valence-corrected chi connectivity index (χ0v) is 15.3. The molecule has 0 saturated heterocycles. The fourth-order valence-corrected chi connectivity index (χ4v) is 2.86. The highest BCUT2D eigenvalue weighted by molar-refractivity contribution is 7.07. The highest BCUT2D eigenvalue weighted by Crippen LogP contribution is 2.25. The van der Waals surface area contributed by atoms with Gasteiger partial charge in [0.25, 0.3) is 5.91 Å². The lowest BCUT2D eigenvalue weighted by molar-refractivity contribution is -0.151. The highest BCUT2D eigenvalue weighted by atomic mass is 32.1. The summed E-state index contributed by atoms with van der Waals surface area (Å²) in [6, 6.07) is 7.13. The van der Waals surface area contributed by atoms with E-state index in [1.807, 2.05) is 16.8 Å². The Balaban J connectivity index is 1.85. The Bertz CT molecular complexity index is 714. The third kappa shape index (κ3) is 5.49. The molecule has 0 radical (unpaired) electrons. The first-order valence-corrected chi connectivity index (χ1v) is 8.59. The number of hydrogen-bond donors (Lipinski definition) is 0. The van der Waals surface area contributed by atoms with Gasteiger partial charge in [0, 0.05) is 25.2 Å². The van der Waals surface area contributed by atoms with Gasteiger partial charge in [-0.05, 0) is 28.5 Å². The normalized spacial score (nSPS) is 10.2. The summed E-state index contributed by atoms with van der Waals surface area (Å²) in [4.78, 5) is 25.6. The number of esters is 1. The van der Waals surface area contributed by atoms with E-state index >= 15 is 0 Å². The fraction of sp³-hybridized carbons (Fsp3) is 0.333. The number of hydrogen-bond acceptors (Lipinski definition) is 6. The van der Waals surface area contributed by atoms with E-state index in [0.717, 1.165) is 5.56 Å². The first kappa shape index (κ1) is 18.8. The minimum absolute atomic E-state index is 0.0225. The molecular weight excluding hydrogens is 342 g/mol. The van der Waals surface area contributed by atoms with Crippen molar-refractivity contribution in [2.75, 3.05) is 27.9 Å². The van der Waals surface area contributed by atoms with Crippen LogP contribution in [0.1, 0.15) is 11.1 Å². The summed E-state index contributed by atoms with van der Waals surface area (Å²) in [6.07, 6.45) is 0.0225. The third-order valence-corrected chi connectivity index (χ3v) is 4.34. The first-order valence-electron chi connectivity index (χ1n) is 7.65. The average Bonchev–Trinajstić information content (AvgIpc) is 3.12. The predicted molar refractivity (Wildman–Crippen MR) is 95.0 cm³/mol. The molecule has 1 amide bonds. The van der Waals surface area contributed by atoms with E-state index in [1.165, 1.54) is 12.0 Å². The third-order valence-electron chi connectivity index (χ3n) is 3.61. The van der Waals surface area contributed by atoms with Crippen molar-refractivity contribution in [3.05, 3.63) is 46.2 Å². The van der Waals surface area contributed by atoms with Crippen molar-refractivity contribution >= 4 is 23.2 Å². The highest BCUT2D eigenvalue weighted by Gasteiger charge is 2.15. The number of methoxy groups -OCH3 is 2. The number of ether oxygens (including phenoxy) is 3. The van der Waals surface area contributed by atoms with Gasteiger partial charge in [-0.25, -0.2) is 0 Å². The molecule has 0 N–H and O–H groups in total. The van der Waals surface area contributed by atoms with Crippen LogP contribution in [0.2, 0.25) is 0 Å². The van der Waals surface area contributed by atoms with E-state index in [9.17, 15) is 9.59 Å². The van der Waals surface area contributed by atoms with Gasteiger partial charge >= 0.3 is 5.97 Å². The lowest BCUT2D eigenvalue weighted by Gasteiger charge is -2.16. The Labute approximate surface area is 150 Å². The second-order valence-corrected chi connectivity index (χ2v) is 6.18. The summed E-state index contributed by atoms with van der Waals surface area (Å²) in [5.41, 5.74) is 1.72. The summed E-state index contributed by atoms with van der Waals surface area (Å²) >= 11 is 1.57. The predicted octanol–water partition coefficient (Wildman–Crippen LogP) is 2.51. The van der Waals surface area contributed by atoms with Crippen molar-refractivity contribution in [3.8, 4) is 11.5 Å². The van der Waals surface area contributed by atoms with Crippen LogP contribution in [-0.2, 0) is 27.3 Å². The molecule has 0 fully saturated rings. The molecule has 0 bridgehead atoms. The Morgan fingerprint density at radius 2 is 1.96 bits per heavy atom. The number of likely N-dealkylation sites (N-methyl/N-ethyl adjacent to an activating group) is 1. The van der Waals surface area contributed by atoms with Crippen LogP contribution in [0.4, 0.5) is 0 Å². The molecular formula is C18H21NO5S. The van der Waals surface area contributed by atoms with Crippen LogP contribution < -0.4 is 9.47 Å². The zero-order chi connectivity index (χ0) is 18.2. The number of benzene rings is 1. The lowest BCUT2D eigenvalue weighted by atomic mass is 10.1. The molecule has 0 aliphatic carbocycles. The molecule has 25 heavy (non-hydrogen) atoms. The maximum atomic E-state index is 12.0. The molecule has 2 rings (SSSR count). The van der Waals surface area contributed by atoms with Gasteiger partial charge in [0.05, 0.1) is 20.6 Å². The molecule has 1 aromatic heterocycles. The Hall–Kier alpha value is -2.54. The summed E-state index contributed by atoms with van der Waals surface area (Å²) in [7, 11) is 4.76. The Morgan fingerprint density at radius 1 is 1.16 bits per heavy atom. The van der Waals surface area contributed by atoms with E-state index in [2.05, 4.69) is 0 Å². The van der Waals surface area contributed by atoms with Gasteiger partial charge in [-0.15, -0.1) is 0 Å². The van der Waals surface area contributed by atoms with Crippen molar-refractivity contribution in [3.63, 3.8) is 0 Å². The molecule has 7 heteroatoms. The van der Waals surface area contributed by atoms with Gasteiger partial charge in [0.15, 0.2) is 6.61 Å². The molecule has 0 aliphatic heterocycles. The van der Waals surface area contributed by atoms with E-state index in [4.69, 9.17) is 14.2 Å². The number of rotatable bonds is 8. The largest absolute Gasteiger partial charge is 0.497 e. The van der Waals surface area contributed by atoms with E-state index in [0.29, 0.717) is 23.6 Å². The van der Waals surface area contributed by atoms with E-state index in [-0.39, 0.29) is 18.9 Å². The van der Waals surface area contributed by atoms with Gasteiger partial charge in [0.1, 0.15) is 11.5 Å². The minimum Gasteiger partial charge on any atom is -0.497 e. The molecule has 2 aromatic rings. The number of nitrogens with zero attached hydrogens (tertiary/aromatic N) is 1.